The zero-order valence-corrected chi connectivity index (χ0v) is 11.1. The highest BCUT2D eigenvalue weighted by molar-refractivity contribution is 9.10. The summed E-state index contributed by atoms with van der Waals surface area (Å²) in [6.45, 7) is 2.51. The summed E-state index contributed by atoms with van der Waals surface area (Å²) >= 11 is 3.41. The van der Waals surface area contributed by atoms with E-state index in [4.69, 9.17) is 4.74 Å². The van der Waals surface area contributed by atoms with Gasteiger partial charge in [0.2, 0.25) is 5.91 Å². The Morgan fingerprint density at radius 3 is 2.88 bits per heavy atom. The van der Waals surface area contributed by atoms with Gasteiger partial charge in [0.05, 0.1) is 13.0 Å². The van der Waals surface area contributed by atoms with Gasteiger partial charge in [0, 0.05) is 17.3 Å². The molecule has 0 fully saturated rings. The molecule has 1 amide bonds. The van der Waals surface area contributed by atoms with Gasteiger partial charge in [0.25, 0.3) is 0 Å². The summed E-state index contributed by atoms with van der Waals surface area (Å²) in [4.78, 5) is 11.5. The number of anilines is 1. The fourth-order valence-corrected chi connectivity index (χ4v) is 1.79. The zero-order valence-electron chi connectivity index (χ0n) is 9.55. The first kappa shape index (κ1) is 13.2. The van der Waals surface area contributed by atoms with Crippen LogP contribution in [0.2, 0.25) is 0 Å². The summed E-state index contributed by atoms with van der Waals surface area (Å²) in [5, 5.41) is 2.88. The van der Waals surface area contributed by atoms with Gasteiger partial charge in [-0.25, -0.2) is 0 Å². The zero-order chi connectivity index (χ0) is 12.0. The smallest absolute Gasteiger partial charge is 0.226 e. The highest BCUT2D eigenvalue weighted by Crippen LogP contribution is 2.21. The molecular formula is C12H16BrNO2. The summed E-state index contributed by atoms with van der Waals surface area (Å²) in [6, 6.07) is 5.85. The van der Waals surface area contributed by atoms with Crippen LogP contribution >= 0.6 is 15.9 Å². The Balaban J connectivity index is 2.69. The van der Waals surface area contributed by atoms with Gasteiger partial charge in [-0.1, -0.05) is 22.9 Å². The van der Waals surface area contributed by atoms with Crippen molar-refractivity contribution < 1.29 is 9.53 Å². The van der Waals surface area contributed by atoms with E-state index in [-0.39, 0.29) is 5.91 Å². The molecule has 1 N–H and O–H groups in total. The molecule has 0 aliphatic heterocycles. The lowest BCUT2D eigenvalue weighted by molar-refractivity contribution is -0.117. The lowest BCUT2D eigenvalue weighted by Gasteiger charge is -2.10. The van der Waals surface area contributed by atoms with Crippen LogP contribution in [0.4, 0.5) is 5.69 Å². The number of aryl methyl sites for hydroxylation is 1. The molecule has 16 heavy (non-hydrogen) atoms. The molecule has 1 aromatic carbocycles. The molecule has 1 rings (SSSR count). The predicted molar refractivity (Wildman–Crippen MR) is 68.6 cm³/mol. The number of halogens is 1. The fraction of sp³-hybridized carbons (Fsp3) is 0.417. The standard InChI is InChI=1S/C12H16BrNO2/c1-3-9-8-10(13)4-5-11(9)14-12(15)6-7-16-2/h4-5,8H,3,6-7H2,1-2H3,(H,14,15). The van der Waals surface area contributed by atoms with Gasteiger partial charge in [-0.3, -0.25) is 4.79 Å². The van der Waals surface area contributed by atoms with Gasteiger partial charge >= 0.3 is 0 Å². The summed E-state index contributed by atoms with van der Waals surface area (Å²) < 4.78 is 5.88. The van der Waals surface area contributed by atoms with Crippen molar-refractivity contribution in [3.63, 3.8) is 0 Å². The molecule has 0 spiro atoms. The van der Waals surface area contributed by atoms with Crippen LogP contribution in [0.15, 0.2) is 22.7 Å². The highest BCUT2D eigenvalue weighted by Gasteiger charge is 2.06. The molecule has 0 saturated heterocycles. The summed E-state index contributed by atoms with van der Waals surface area (Å²) in [5.41, 5.74) is 2.01. The maximum Gasteiger partial charge on any atom is 0.226 e. The third-order valence-electron chi connectivity index (χ3n) is 2.26. The Morgan fingerprint density at radius 2 is 2.25 bits per heavy atom. The van der Waals surface area contributed by atoms with E-state index >= 15 is 0 Å². The summed E-state index contributed by atoms with van der Waals surface area (Å²) in [6.07, 6.45) is 1.27. The molecule has 0 saturated carbocycles. The van der Waals surface area contributed by atoms with Crippen molar-refractivity contribution in [2.24, 2.45) is 0 Å². The van der Waals surface area contributed by atoms with E-state index in [1.165, 1.54) is 0 Å². The topological polar surface area (TPSA) is 38.3 Å². The third-order valence-corrected chi connectivity index (χ3v) is 2.75. The number of carbonyl (C=O) groups excluding carboxylic acids is 1. The van der Waals surface area contributed by atoms with Crippen LogP contribution in [0.5, 0.6) is 0 Å². The van der Waals surface area contributed by atoms with Crippen LogP contribution in [0, 0.1) is 0 Å². The molecule has 0 unspecified atom stereocenters. The molecule has 4 heteroatoms. The molecule has 0 bridgehead atoms. The Labute approximate surface area is 104 Å². The normalized spacial score (nSPS) is 10.2. The van der Waals surface area contributed by atoms with Crippen molar-refractivity contribution in [3.8, 4) is 0 Å². The fourth-order valence-electron chi connectivity index (χ4n) is 1.38. The predicted octanol–water partition coefficient (Wildman–Crippen LogP) is 2.99. The van der Waals surface area contributed by atoms with Gasteiger partial charge in [0.1, 0.15) is 0 Å². The van der Waals surface area contributed by atoms with Gasteiger partial charge in [-0.2, -0.15) is 0 Å². The van der Waals surface area contributed by atoms with Crippen molar-refractivity contribution in [3.05, 3.63) is 28.2 Å². The number of carbonyl (C=O) groups is 1. The maximum atomic E-state index is 11.5. The van der Waals surface area contributed by atoms with E-state index in [0.717, 1.165) is 22.1 Å². The summed E-state index contributed by atoms with van der Waals surface area (Å²) in [7, 11) is 1.59. The third kappa shape index (κ3) is 3.94. The van der Waals surface area contributed by atoms with E-state index in [1.54, 1.807) is 7.11 Å². The maximum absolute atomic E-state index is 11.5. The van der Waals surface area contributed by atoms with E-state index in [9.17, 15) is 4.79 Å². The lowest BCUT2D eigenvalue weighted by Crippen LogP contribution is -2.14. The van der Waals surface area contributed by atoms with E-state index < -0.39 is 0 Å². The molecule has 88 valence electrons. The minimum Gasteiger partial charge on any atom is -0.384 e. The molecule has 1 aromatic rings. The van der Waals surface area contributed by atoms with Crippen molar-refractivity contribution in [2.75, 3.05) is 19.0 Å². The van der Waals surface area contributed by atoms with Crippen molar-refractivity contribution in [2.45, 2.75) is 19.8 Å². The van der Waals surface area contributed by atoms with Crippen LogP contribution in [0.3, 0.4) is 0 Å². The van der Waals surface area contributed by atoms with Crippen molar-refractivity contribution in [1.29, 1.82) is 0 Å². The van der Waals surface area contributed by atoms with Gasteiger partial charge in [0.15, 0.2) is 0 Å². The number of hydrogen-bond donors (Lipinski definition) is 1. The van der Waals surface area contributed by atoms with Gasteiger partial charge in [-0.05, 0) is 30.2 Å². The molecule has 0 aliphatic rings. The molecule has 0 heterocycles. The van der Waals surface area contributed by atoms with Crippen molar-refractivity contribution in [1.82, 2.24) is 0 Å². The number of nitrogens with one attached hydrogen (secondary N) is 1. The molecule has 0 aromatic heterocycles. The largest absolute Gasteiger partial charge is 0.384 e. The molecule has 0 atom stereocenters. The quantitative estimate of drug-likeness (QED) is 0.903. The Hall–Kier alpha value is -0.870. The first-order valence-corrected chi connectivity index (χ1v) is 6.04. The molecular weight excluding hydrogens is 270 g/mol. The SMILES string of the molecule is CCc1cc(Br)ccc1NC(=O)CCOC. The van der Waals surface area contributed by atoms with Crippen LogP contribution < -0.4 is 5.32 Å². The first-order valence-electron chi connectivity index (χ1n) is 5.24. The van der Waals surface area contributed by atoms with Crippen LogP contribution in [-0.2, 0) is 16.0 Å². The van der Waals surface area contributed by atoms with Crippen LogP contribution in [0.1, 0.15) is 18.9 Å². The second-order valence-electron chi connectivity index (χ2n) is 3.45. The number of benzene rings is 1. The summed E-state index contributed by atoms with van der Waals surface area (Å²) in [5.74, 6) is -0.0149. The minimum atomic E-state index is -0.0149. The first-order chi connectivity index (χ1) is 7.67. The van der Waals surface area contributed by atoms with Gasteiger partial charge < -0.3 is 10.1 Å². The van der Waals surface area contributed by atoms with Gasteiger partial charge in [-0.15, -0.1) is 0 Å². The lowest BCUT2D eigenvalue weighted by atomic mass is 10.1. The number of ether oxygens (including phenoxy) is 1. The average molecular weight is 286 g/mol. The minimum absolute atomic E-state index is 0.0149. The van der Waals surface area contributed by atoms with Crippen LogP contribution in [-0.4, -0.2) is 19.6 Å². The number of rotatable bonds is 5. The monoisotopic (exact) mass is 285 g/mol. The van der Waals surface area contributed by atoms with E-state index in [2.05, 4.69) is 28.2 Å². The second-order valence-corrected chi connectivity index (χ2v) is 4.36. The highest BCUT2D eigenvalue weighted by atomic mass is 79.9. The number of methoxy groups -OCH3 is 1. The Kier molecular flexibility index (Phi) is 5.49. The number of hydrogen-bond acceptors (Lipinski definition) is 2. The Morgan fingerprint density at radius 1 is 1.50 bits per heavy atom. The van der Waals surface area contributed by atoms with Crippen LogP contribution in [0.25, 0.3) is 0 Å². The molecule has 3 nitrogen and oxygen atoms in total. The molecule has 0 radical (unpaired) electrons. The van der Waals surface area contributed by atoms with E-state index in [1.807, 2.05) is 18.2 Å². The van der Waals surface area contributed by atoms with E-state index in [0.29, 0.717) is 13.0 Å². The number of amides is 1. The average Bonchev–Trinajstić information content (AvgIpc) is 2.28. The second kappa shape index (κ2) is 6.66. The Bertz CT molecular complexity index is 366. The molecule has 0 aliphatic carbocycles. The van der Waals surface area contributed by atoms with Crippen molar-refractivity contribution >= 4 is 27.5 Å².